The summed E-state index contributed by atoms with van der Waals surface area (Å²) in [5.74, 6) is 0.253. The second-order valence-electron chi connectivity index (χ2n) is 10.0. The minimum Gasteiger partial charge on any atom is -0.369 e. The molecular formula is C34H50N2O. The van der Waals surface area contributed by atoms with E-state index in [1.54, 1.807) is 6.92 Å². The number of anilines is 1. The summed E-state index contributed by atoms with van der Waals surface area (Å²) in [4.78, 5) is 18.4. The number of Topliss-reactive ketones (excluding diaryl/α,β-unsaturated/α-hetero) is 1. The Balaban J connectivity index is 0.000000898. The van der Waals surface area contributed by atoms with Gasteiger partial charge in [-0.2, -0.15) is 0 Å². The third-order valence-corrected chi connectivity index (χ3v) is 7.29. The molecule has 2 aromatic carbocycles. The average Bonchev–Trinajstić information content (AvgIpc) is 2.93. The Kier molecular flexibility index (Phi) is 12.9. The molecule has 0 aromatic heterocycles. The molecule has 3 heteroatoms. The molecule has 0 radical (unpaired) electrons. The minimum absolute atomic E-state index is 0.253. The van der Waals surface area contributed by atoms with Gasteiger partial charge in [-0.25, -0.2) is 0 Å². The molecule has 4 rings (SSSR count). The highest BCUT2D eigenvalue weighted by Crippen LogP contribution is 2.42. The molecule has 1 aliphatic carbocycles. The Hall–Kier alpha value is -2.65. The largest absolute Gasteiger partial charge is 0.369 e. The van der Waals surface area contributed by atoms with Gasteiger partial charge in [0.1, 0.15) is 5.78 Å². The zero-order chi connectivity index (χ0) is 27.3. The van der Waals surface area contributed by atoms with Gasteiger partial charge in [0, 0.05) is 31.9 Å². The van der Waals surface area contributed by atoms with Crippen LogP contribution in [-0.2, 0) is 10.2 Å². The fraction of sp³-hybridized carbons (Fsp3) is 0.500. The van der Waals surface area contributed by atoms with Crippen molar-refractivity contribution in [3.63, 3.8) is 0 Å². The molecule has 2 aromatic rings. The summed E-state index contributed by atoms with van der Waals surface area (Å²) in [7, 11) is 0. The number of aryl methyl sites for hydroxylation is 1. The van der Waals surface area contributed by atoms with Crippen LogP contribution in [0.3, 0.4) is 0 Å². The molecule has 0 N–H and O–H groups in total. The number of benzene rings is 2. The standard InChI is InChI=1S/C29H36N2O.C3H8.C2H6/c1-23-13-15-27(16-14-23)31-21-19-30(20-22-31)18-17-29(25(3)32,26-10-5-4-6-11-26)28-12-8-7-9-24(28)2;1-3-2;1-2/h4-6,9-16H,7-8,17-22H2,1-3H3;3H2,1-2H3;1-2H3. The van der Waals surface area contributed by atoms with Crippen LogP contribution in [-0.4, -0.2) is 43.4 Å². The van der Waals surface area contributed by atoms with Gasteiger partial charge in [-0.05, 0) is 69.8 Å². The van der Waals surface area contributed by atoms with Crippen molar-refractivity contribution in [1.82, 2.24) is 4.90 Å². The number of carbonyl (C=O) groups is 1. The van der Waals surface area contributed by atoms with E-state index in [-0.39, 0.29) is 5.78 Å². The molecule has 3 nitrogen and oxygen atoms in total. The minimum atomic E-state index is -0.559. The number of rotatable bonds is 7. The maximum atomic E-state index is 13.4. The molecule has 1 saturated heterocycles. The van der Waals surface area contributed by atoms with Crippen LogP contribution in [0.1, 0.15) is 78.4 Å². The second-order valence-corrected chi connectivity index (χ2v) is 10.0. The number of hydrogen-bond donors (Lipinski definition) is 0. The molecule has 37 heavy (non-hydrogen) atoms. The van der Waals surface area contributed by atoms with E-state index < -0.39 is 5.41 Å². The van der Waals surface area contributed by atoms with Gasteiger partial charge < -0.3 is 4.90 Å². The van der Waals surface area contributed by atoms with E-state index in [2.05, 4.69) is 98.2 Å². The topological polar surface area (TPSA) is 23.6 Å². The highest BCUT2D eigenvalue weighted by atomic mass is 16.1. The van der Waals surface area contributed by atoms with Crippen molar-refractivity contribution in [2.75, 3.05) is 37.6 Å². The maximum Gasteiger partial charge on any atom is 0.144 e. The smallest absolute Gasteiger partial charge is 0.144 e. The van der Waals surface area contributed by atoms with Crippen molar-refractivity contribution < 1.29 is 4.79 Å². The third kappa shape index (κ3) is 7.92. The van der Waals surface area contributed by atoms with E-state index in [4.69, 9.17) is 0 Å². The van der Waals surface area contributed by atoms with Crippen molar-refractivity contribution in [3.8, 4) is 0 Å². The molecular weight excluding hydrogens is 452 g/mol. The van der Waals surface area contributed by atoms with Crippen molar-refractivity contribution >= 4 is 11.5 Å². The Morgan fingerprint density at radius 2 is 1.41 bits per heavy atom. The molecule has 1 atom stereocenters. The summed E-state index contributed by atoms with van der Waals surface area (Å²) in [6, 6.07) is 19.3. The van der Waals surface area contributed by atoms with Gasteiger partial charge in [0.05, 0.1) is 5.41 Å². The monoisotopic (exact) mass is 502 g/mol. The summed E-state index contributed by atoms with van der Waals surface area (Å²) >= 11 is 0. The summed E-state index contributed by atoms with van der Waals surface area (Å²) in [5.41, 5.74) is 5.67. The lowest BCUT2D eigenvalue weighted by molar-refractivity contribution is -0.121. The Morgan fingerprint density at radius 1 is 0.838 bits per heavy atom. The van der Waals surface area contributed by atoms with Crippen molar-refractivity contribution in [2.24, 2.45) is 0 Å². The van der Waals surface area contributed by atoms with Crippen LogP contribution in [0.25, 0.3) is 0 Å². The van der Waals surface area contributed by atoms with Crippen LogP contribution in [0, 0.1) is 6.92 Å². The zero-order valence-corrected chi connectivity index (χ0v) is 24.5. The molecule has 0 spiro atoms. The Bertz CT molecular complexity index is 998. The van der Waals surface area contributed by atoms with E-state index >= 15 is 0 Å². The number of nitrogens with zero attached hydrogens (tertiary/aromatic N) is 2. The molecule has 1 fully saturated rings. The number of hydrogen-bond acceptors (Lipinski definition) is 3. The van der Waals surface area contributed by atoms with Crippen molar-refractivity contribution in [3.05, 3.63) is 89.0 Å². The summed E-state index contributed by atoms with van der Waals surface area (Å²) in [6.07, 6.45) is 8.78. The van der Waals surface area contributed by atoms with Crippen LogP contribution < -0.4 is 4.90 Å². The van der Waals surface area contributed by atoms with Gasteiger partial charge in [-0.1, -0.05) is 99.9 Å². The summed E-state index contributed by atoms with van der Waals surface area (Å²) in [6.45, 7) is 19.4. The highest BCUT2D eigenvalue weighted by molar-refractivity contribution is 5.93. The lowest BCUT2D eigenvalue weighted by atomic mass is 9.65. The summed E-state index contributed by atoms with van der Waals surface area (Å²) < 4.78 is 0. The first kappa shape index (κ1) is 30.6. The third-order valence-electron chi connectivity index (χ3n) is 7.29. The van der Waals surface area contributed by atoms with Crippen LogP contribution in [0.15, 0.2) is 77.9 Å². The first-order chi connectivity index (χ1) is 17.9. The van der Waals surface area contributed by atoms with Crippen LogP contribution in [0.4, 0.5) is 5.69 Å². The fourth-order valence-electron chi connectivity index (χ4n) is 5.35. The highest BCUT2D eigenvalue weighted by Gasteiger charge is 2.42. The van der Waals surface area contributed by atoms with E-state index in [0.717, 1.165) is 57.5 Å². The molecule has 202 valence electrons. The SMILES string of the molecule is CC.CC(=O)C(CCN1CCN(c2ccc(C)cc2)CC1)(C1=CCCC=C1C)c1ccccc1.CCC. The molecule has 1 unspecified atom stereocenters. The maximum absolute atomic E-state index is 13.4. The quantitative estimate of drug-likeness (QED) is 0.382. The van der Waals surface area contributed by atoms with Gasteiger partial charge >= 0.3 is 0 Å². The van der Waals surface area contributed by atoms with Crippen LogP contribution in [0.5, 0.6) is 0 Å². The van der Waals surface area contributed by atoms with Gasteiger partial charge in [0.25, 0.3) is 0 Å². The predicted molar refractivity (Wildman–Crippen MR) is 162 cm³/mol. The lowest BCUT2D eigenvalue weighted by Crippen LogP contribution is -2.48. The first-order valence-electron chi connectivity index (χ1n) is 14.4. The van der Waals surface area contributed by atoms with Gasteiger partial charge in [-0.15, -0.1) is 0 Å². The van der Waals surface area contributed by atoms with Crippen LogP contribution in [0.2, 0.25) is 0 Å². The molecule has 0 bridgehead atoms. The molecule has 2 aliphatic rings. The van der Waals surface area contributed by atoms with E-state index in [1.165, 1.54) is 28.8 Å². The number of carbonyl (C=O) groups excluding carboxylic acids is 1. The average molecular weight is 503 g/mol. The number of piperazine rings is 1. The molecule has 1 aliphatic heterocycles. The predicted octanol–water partition coefficient (Wildman–Crippen LogP) is 8.14. The van der Waals surface area contributed by atoms with Gasteiger partial charge in [0.15, 0.2) is 0 Å². The van der Waals surface area contributed by atoms with Gasteiger partial charge in [-0.3, -0.25) is 9.69 Å². The number of ketones is 1. The second kappa shape index (κ2) is 15.6. The zero-order valence-electron chi connectivity index (χ0n) is 24.5. The molecule has 1 heterocycles. The number of allylic oxidation sites excluding steroid dienone is 4. The summed E-state index contributed by atoms with van der Waals surface area (Å²) in [5, 5.41) is 0. The fourth-order valence-corrected chi connectivity index (χ4v) is 5.35. The van der Waals surface area contributed by atoms with Crippen LogP contribution >= 0.6 is 0 Å². The van der Waals surface area contributed by atoms with Crippen molar-refractivity contribution in [2.45, 2.75) is 79.6 Å². The Labute approximate surface area is 227 Å². The first-order valence-corrected chi connectivity index (χ1v) is 14.4. The van der Waals surface area contributed by atoms with E-state index in [9.17, 15) is 4.79 Å². The molecule has 0 amide bonds. The Morgan fingerprint density at radius 3 is 1.95 bits per heavy atom. The normalized spacial score (nSPS) is 17.2. The van der Waals surface area contributed by atoms with Gasteiger partial charge in [0.2, 0.25) is 0 Å². The van der Waals surface area contributed by atoms with E-state index in [0.29, 0.717) is 0 Å². The van der Waals surface area contributed by atoms with Crippen molar-refractivity contribution in [1.29, 1.82) is 0 Å². The van der Waals surface area contributed by atoms with E-state index in [1.807, 2.05) is 19.9 Å². The lowest BCUT2D eigenvalue weighted by Gasteiger charge is -2.40. The molecule has 0 saturated carbocycles.